The standard InChI is InChI=1S/C9H18N4/c1-3-5-8(10)9-12-11-7-13(9)6-4-2/h7-8H,3-6,10H2,1-2H3/t8-/m1/s1. The Kier molecular flexibility index (Phi) is 3.89. The van der Waals surface area contributed by atoms with Crippen LogP contribution in [-0.4, -0.2) is 14.8 Å². The maximum absolute atomic E-state index is 5.96. The number of nitrogens with zero attached hydrogens (tertiary/aromatic N) is 3. The van der Waals surface area contributed by atoms with E-state index < -0.39 is 0 Å². The van der Waals surface area contributed by atoms with Gasteiger partial charge in [-0.15, -0.1) is 10.2 Å². The maximum atomic E-state index is 5.96. The first-order chi connectivity index (χ1) is 6.29. The summed E-state index contributed by atoms with van der Waals surface area (Å²) in [4.78, 5) is 0. The highest BCUT2D eigenvalue weighted by Gasteiger charge is 2.11. The van der Waals surface area contributed by atoms with Gasteiger partial charge in [-0.3, -0.25) is 0 Å². The van der Waals surface area contributed by atoms with Crippen LogP contribution in [0.1, 0.15) is 45.0 Å². The summed E-state index contributed by atoms with van der Waals surface area (Å²) in [6.07, 6.45) is 4.90. The molecule has 0 aliphatic carbocycles. The second-order valence-corrected chi connectivity index (χ2v) is 3.28. The van der Waals surface area contributed by atoms with Crippen molar-refractivity contribution >= 4 is 0 Å². The Hall–Kier alpha value is -0.900. The van der Waals surface area contributed by atoms with Crippen molar-refractivity contribution in [3.63, 3.8) is 0 Å². The van der Waals surface area contributed by atoms with E-state index in [9.17, 15) is 0 Å². The van der Waals surface area contributed by atoms with Gasteiger partial charge in [0.25, 0.3) is 0 Å². The number of nitrogens with two attached hydrogens (primary N) is 1. The van der Waals surface area contributed by atoms with Crippen molar-refractivity contribution in [3.8, 4) is 0 Å². The van der Waals surface area contributed by atoms with Crippen LogP contribution < -0.4 is 5.73 Å². The molecule has 4 nitrogen and oxygen atoms in total. The van der Waals surface area contributed by atoms with Gasteiger partial charge >= 0.3 is 0 Å². The second-order valence-electron chi connectivity index (χ2n) is 3.28. The highest BCUT2D eigenvalue weighted by atomic mass is 15.3. The Labute approximate surface area is 79.2 Å². The minimum absolute atomic E-state index is 0.0408. The zero-order chi connectivity index (χ0) is 9.68. The van der Waals surface area contributed by atoms with Gasteiger partial charge in [0.1, 0.15) is 12.2 Å². The molecule has 0 aliphatic heterocycles. The monoisotopic (exact) mass is 182 g/mol. The van der Waals surface area contributed by atoms with Gasteiger partial charge in [-0.05, 0) is 12.8 Å². The van der Waals surface area contributed by atoms with E-state index in [0.717, 1.165) is 31.6 Å². The minimum atomic E-state index is 0.0408. The molecule has 74 valence electrons. The summed E-state index contributed by atoms with van der Waals surface area (Å²) >= 11 is 0. The molecule has 4 heteroatoms. The van der Waals surface area contributed by atoms with E-state index >= 15 is 0 Å². The lowest BCUT2D eigenvalue weighted by Crippen LogP contribution is -2.16. The van der Waals surface area contributed by atoms with Gasteiger partial charge in [0.05, 0.1) is 6.04 Å². The van der Waals surface area contributed by atoms with Crippen LogP contribution in [-0.2, 0) is 6.54 Å². The highest BCUT2D eigenvalue weighted by molar-refractivity contribution is 4.93. The number of aromatic nitrogens is 3. The molecule has 0 amide bonds. The predicted molar refractivity (Wildman–Crippen MR) is 52.1 cm³/mol. The molecule has 0 aliphatic rings. The van der Waals surface area contributed by atoms with E-state index in [0.29, 0.717) is 0 Å². The van der Waals surface area contributed by atoms with Crippen molar-refractivity contribution in [1.29, 1.82) is 0 Å². The Morgan fingerprint density at radius 1 is 1.46 bits per heavy atom. The van der Waals surface area contributed by atoms with Gasteiger partial charge in [-0.25, -0.2) is 0 Å². The van der Waals surface area contributed by atoms with Crippen molar-refractivity contribution in [2.24, 2.45) is 5.73 Å². The topological polar surface area (TPSA) is 56.7 Å². The quantitative estimate of drug-likeness (QED) is 0.750. The molecule has 2 N–H and O–H groups in total. The maximum Gasteiger partial charge on any atom is 0.149 e. The Morgan fingerprint density at radius 2 is 2.23 bits per heavy atom. The van der Waals surface area contributed by atoms with Crippen molar-refractivity contribution in [1.82, 2.24) is 14.8 Å². The van der Waals surface area contributed by atoms with Crippen LogP contribution in [0.5, 0.6) is 0 Å². The number of aryl methyl sites for hydroxylation is 1. The first-order valence-electron chi connectivity index (χ1n) is 4.92. The molecule has 13 heavy (non-hydrogen) atoms. The molecule has 0 bridgehead atoms. The van der Waals surface area contributed by atoms with Gasteiger partial charge in [0.2, 0.25) is 0 Å². The highest BCUT2D eigenvalue weighted by Crippen LogP contribution is 2.12. The van der Waals surface area contributed by atoms with Crippen LogP contribution in [0.15, 0.2) is 6.33 Å². The van der Waals surface area contributed by atoms with E-state index in [1.807, 2.05) is 4.57 Å². The SMILES string of the molecule is CCC[C@@H](N)c1nncn1CCC. The third-order valence-corrected chi connectivity index (χ3v) is 2.04. The molecule has 0 saturated carbocycles. The first-order valence-corrected chi connectivity index (χ1v) is 4.92. The van der Waals surface area contributed by atoms with Gasteiger partial charge in [-0.2, -0.15) is 0 Å². The van der Waals surface area contributed by atoms with Gasteiger partial charge in [0, 0.05) is 6.54 Å². The molecular formula is C9H18N4. The molecular weight excluding hydrogens is 164 g/mol. The third-order valence-electron chi connectivity index (χ3n) is 2.04. The Morgan fingerprint density at radius 3 is 2.85 bits per heavy atom. The summed E-state index contributed by atoms with van der Waals surface area (Å²) in [5.74, 6) is 0.920. The van der Waals surface area contributed by atoms with Crippen LogP contribution in [0.25, 0.3) is 0 Å². The van der Waals surface area contributed by atoms with Gasteiger partial charge < -0.3 is 10.3 Å². The first kappa shape index (κ1) is 10.2. The summed E-state index contributed by atoms with van der Waals surface area (Å²) in [7, 11) is 0. The fraction of sp³-hybridized carbons (Fsp3) is 0.778. The van der Waals surface area contributed by atoms with Crippen LogP contribution in [0.4, 0.5) is 0 Å². The minimum Gasteiger partial charge on any atom is -0.321 e. The number of hydrogen-bond donors (Lipinski definition) is 1. The van der Waals surface area contributed by atoms with E-state index in [1.165, 1.54) is 0 Å². The molecule has 1 atom stereocenters. The van der Waals surface area contributed by atoms with Crippen LogP contribution in [0.3, 0.4) is 0 Å². The molecule has 0 spiro atoms. The summed E-state index contributed by atoms with van der Waals surface area (Å²) in [5, 5.41) is 7.92. The smallest absolute Gasteiger partial charge is 0.149 e. The van der Waals surface area contributed by atoms with E-state index in [2.05, 4.69) is 24.0 Å². The molecule has 1 rings (SSSR count). The summed E-state index contributed by atoms with van der Waals surface area (Å²) in [5.41, 5.74) is 5.96. The van der Waals surface area contributed by atoms with E-state index in [1.54, 1.807) is 6.33 Å². The fourth-order valence-corrected chi connectivity index (χ4v) is 1.40. The Bertz CT molecular complexity index is 244. The van der Waals surface area contributed by atoms with Crippen LogP contribution in [0.2, 0.25) is 0 Å². The molecule has 0 fully saturated rings. The van der Waals surface area contributed by atoms with E-state index in [4.69, 9.17) is 5.73 Å². The van der Waals surface area contributed by atoms with Crippen molar-refractivity contribution in [3.05, 3.63) is 12.2 Å². The lowest BCUT2D eigenvalue weighted by atomic mass is 10.2. The fourth-order valence-electron chi connectivity index (χ4n) is 1.40. The summed E-state index contributed by atoms with van der Waals surface area (Å²) in [6, 6.07) is 0.0408. The molecule has 1 aromatic rings. The lowest BCUT2D eigenvalue weighted by Gasteiger charge is -2.10. The number of hydrogen-bond acceptors (Lipinski definition) is 3. The van der Waals surface area contributed by atoms with Crippen molar-refractivity contribution in [2.45, 2.75) is 45.7 Å². The lowest BCUT2D eigenvalue weighted by molar-refractivity contribution is 0.544. The average molecular weight is 182 g/mol. The zero-order valence-electron chi connectivity index (χ0n) is 8.40. The van der Waals surface area contributed by atoms with Crippen LogP contribution >= 0.6 is 0 Å². The van der Waals surface area contributed by atoms with Gasteiger partial charge in [0.15, 0.2) is 0 Å². The molecule has 0 radical (unpaired) electrons. The molecule has 0 aromatic carbocycles. The molecule has 0 unspecified atom stereocenters. The van der Waals surface area contributed by atoms with Crippen LogP contribution in [0, 0.1) is 0 Å². The average Bonchev–Trinajstić information content (AvgIpc) is 2.54. The van der Waals surface area contributed by atoms with Gasteiger partial charge in [-0.1, -0.05) is 20.3 Å². The Balaban J connectivity index is 2.68. The normalized spacial score (nSPS) is 13.2. The molecule has 1 heterocycles. The zero-order valence-corrected chi connectivity index (χ0v) is 8.40. The van der Waals surface area contributed by atoms with Crippen molar-refractivity contribution in [2.75, 3.05) is 0 Å². The predicted octanol–water partition coefficient (Wildman–Crippen LogP) is 1.49. The van der Waals surface area contributed by atoms with Crippen molar-refractivity contribution < 1.29 is 0 Å². The second kappa shape index (κ2) is 4.97. The van der Waals surface area contributed by atoms with E-state index in [-0.39, 0.29) is 6.04 Å². The summed E-state index contributed by atoms with van der Waals surface area (Å²) in [6.45, 7) is 5.22. The summed E-state index contributed by atoms with van der Waals surface area (Å²) < 4.78 is 2.04. The number of rotatable bonds is 5. The third kappa shape index (κ3) is 2.52. The molecule has 1 aromatic heterocycles. The molecule has 0 saturated heterocycles. The largest absolute Gasteiger partial charge is 0.321 e.